The van der Waals surface area contributed by atoms with Crippen LogP contribution < -0.4 is 10.0 Å². The van der Waals surface area contributed by atoms with Crippen molar-refractivity contribution in [3.63, 3.8) is 0 Å². The molecule has 1 aromatic carbocycles. The number of hydrogen-bond donors (Lipinski definition) is 2. The molecule has 0 aliphatic carbocycles. The van der Waals surface area contributed by atoms with Gasteiger partial charge < -0.3 is 10.1 Å². The average Bonchev–Trinajstić information content (AvgIpc) is 2.73. The number of ether oxygens (including phenoxy) is 1. The van der Waals surface area contributed by atoms with E-state index in [1.54, 1.807) is 21.0 Å². The molecule has 0 saturated carbocycles. The van der Waals surface area contributed by atoms with Crippen LogP contribution in [0.1, 0.15) is 11.1 Å². The van der Waals surface area contributed by atoms with Crippen LogP contribution in [0.2, 0.25) is 0 Å². The summed E-state index contributed by atoms with van der Waals surface area (Å²) in [6.07, 6.45) is -0.203. The molecule has 0 spiro atoms. The van der Waals surface area contributed by atoms with E-state index in [2.05, 4.69) is 10.0 Å². The topological polar surface area (TPSA) is 67.4 Å². The SMILES string of the molecule is CO[C@H]1CNCC1NS(=O)(=O)c1c(C)cc(F)cc1C. The van der Waals surface area contributed by atoms with Crippen LogP contribution in [0.15, 0.2) is 17.0 Å². The van der Waals surface area contributed by atoms with E-state index < -0.39 is 15.8 Å². The lowest BCUT2D eigenvalue weighted by atomic mass is 10.1. The molecule has 1 aromatic rings. The van der Waals surface area contributed by atoms with Crippen molar-refractivity contribution in [2.24, 2.45) is 0 Å². The smallest absolute Gasteiger partial charge is 0.241 e. The molecule has 0 radical (unpaired) electrons. The fourth-order valence-corrected chi connectivity index (χ4v) is 4.32. The van der Waals surface area contributed by atoms with Gasteiger partial charge in [-0.1, -0.05) is 0 Å². The van der Waals surface area contributed by atoms with Gasteiger partial charge in [0.05, 0.1) is 17.0 Å². The van der Waals surface area contributed by atoms with E-state index in [1.165, 1.54) is 12.1 Å². The van der Waals surface area contributed by atoms with Gasteiger partial charge in [-0.15, -0.1) is 0 Å². The number of benzene rings is 1. The first-order chi connectivity index (χ1) is 9.35. The summed E-state index contributed by atoms with van der Waals surface area (Å²) in [5, 5.41) is 3.07. The molecule has 1 unspecified atom stereocenters. The number of halogens is 1. The maximum Gasteiger partial charge on any atom is 0.241 e. The first-order valence-corrected chi connectivity index (χ1v) is 7.86. The Morgan fingerprint density at radius 1 is 1.30 bits per heavy atom. The van der Waals surface area contributed by atoms with Gasteiger partial charge in [-0.3, -0.25) is 0 Å². The van der Waals surface area contributed by atoms with Crippen LogP contribution in [0.4, 0.5) is 4.39 Å². The zero-order valence-electron chi connectivity index (χ0n) is 11.7. The molecule has 5 nitrogen and oxygen atoms in total. The Morgan fingerprint density at radius 3 is 2.45 bits per heavy atom. The second kappa shape index (κ2) is 5.77. The molecular weight excluding hydrogens is 283 g/mol. The van der Waals surface area contributed by atoms with Crippen LogP contribution in [0, 0.1) is 19.7 Å². The van der Waals surface area contributed by atoms with E-state index in [0.717, 1.165) is 0 Å². The third kappa shape index (κ3) is 3.01. The molecule has 2 N–H and O–H groups in total. The molecule has 0 bridgehead atoms. The Kier molecular flexibility index (Phi) is 4.43. The summed E-state index contributed by atoms with van der Waals surface area (Å²) < 4.78 is 46.1. The van der Waals surface area contributed by atoms with Crippen molar-refractivity contribution in [3.05, 3.63) is 29.1 Å². The van der Waals surface area contributed by atoms with Gasteiger partial charge in [0.1, 0.15) is 5.82 Å². The molecule has 0 amide bonds. The quantitative estimate of drug-likeness (QED) is 0.859. The number of hydrogen-bond acceptors (Lipinski definition) is 4. The minimum absolute atomic E-state index is 0.139. The van der Waals surface area contributed by atoms with Gasteiger partial charge in [0, 0.05) is 20.2 Å². The van der Waals surface area contributed by atoms with Crippen molar-refractivity contribution < 1.29 is 17.5 Å². The van der Waals surface area contributed by atoms with E-state index in [0.29, 0.717) is 24.2 Å². The summed E-state index contributed by atoms with van der Waals surface area (Å²) in [4.78, 5) is 0.139. The van der Waals surface area contributed by atoms with Gasteiger partial charge in [-0.2, -0.15) is 0 Å². The second-order valence-corrected chi connectivity index (χ2v) is 6.68. The van der Waals surface area contributed by atoms with Gasteiger partial charge in [0.25, 0.3) is 0 Å². The monoisotopic (exact) mass is 302 g/mol. The lowest BCUT2D eigenvalue weighted by molar-refractivity contribution is 0.103. The zero-order valence-corrected chi connectivity index (χ0v) is 12.6. The molecule has 1 saturated heterocycles. The van der Waals surface area contributed by atoms with Crippen molar-refractivity contribution in [3.8, 4) is 0 Å². The van der Waals surface area contributed by atoms with E-state index in [9.17, 15) is 12.8 Å². The third-order valence-electron chi connectivity index (χ3n) is 3.46. The third-order valence-corrected chi connectivity index (χ3v) is 5.26. The predicted octanol–water partition coefficient (Wildman–Crippen LogP) is 0.708. The first kappa shape index (κ1) is 15.4. The molecule has 2 rings (SSSR count). The largest absolute Gasteiger partial charge is 0.378 e. The number of sulfonamides is 1. The standard InChI is InChI=1S/C13H19FN2O3S/c1-8-4-10(14)5-9(2)13(8)20(17,18)16-11-6-15-7-12(11)19-3/h4-5,11-12,15-16H,6-7H2,1-3H3/t11?,12-/m0/s1. The van der Waals surface area contributed by atoms with Crippen LogP contribution in [-0.4, -0.2) is 40.8 Å². The molecule has 1 fully saturated rings. The minimum Gasteiger partial charge on any atom is -0.378 e. The average molecular weight is 302 g/mol. The highest BCUT2D eigenvalue weighted by atomic mass is 32.2. The zero-order chi connectivity index (χ0) is 14.9. The lowest BCUT2D eigenvalue weighted by Gasteiger charge is -2.20. The fraction of sp³-hybridized carbons (Fsp3) is 0.538. The van der Waals surface area contributed by atoms with E-state index >= 15 is 0 Å². The minimum atomic E-state index is -3.70. The summed E-state index contributed by atoms with van der Waals surface area (Å²) in [6, 6.07) is 2.12. The normalized spacial score (nSPS) is 23.2. The molecule has 7 heteroatoms. The van der Waals surface area contributed by atoms with Gasteiger partial charge in [-0.05, 0) is 37.1 Å². The Morgan fingerprint density at radius 2 is 1.90 bits per heavy atom. The molecule has 1 aliphatic heterocycles. The molecule has 1 heterocycles. The molecule has 2 atom stereocenters. The number of aryl methyl sites for hydroxylation is 2. The van der Waals surface area contributed by atoms with Crippen LogP contribution in [-0.2, 0) is 14.8 Å². The van der Waals surface area contributed by atoms with Gasteiger partial charge in [-0.25, -0.2) is 17.5 Å². The summed E-state index contributed by atoms with van der Waals surface area (Å²) >= 11 is 0. The molecule has 0 aromatic heterocycles. The lowest BCUT2D eigenvalue weighted by Crippen LogP contribution is -2.43. The Balaban J connectivity index is 2.32. The van der Waals surface area contributed by atoms with Crippen LogP contribution >= 0.6 is 0 Å². The van der Waals surface area contributed by atoms with Crippen molar-refractivity contribution in [2.75, 3.05) is 20.2 Å². The van der Waals surface area contributed by atoms with E-state index in [4.69, 9.17) is 4.74 Å². The number of methoxy groups -OCH3 is 1. The summed E-state index contributed by atoms with van der Waals surface area (Å²) in [6.45, 7) is 4.29. The van der Waals surface area contributed by atoms with Crippen molar-refractivity contribution >= 4 is 10.0 Å². The maximum atomic E-state index is 13.3. The maximum absolute atomic E-state index is 13.3. The van der Waals surface area contributed by atoms with Gasteiger partial charge in [0.15, 0.2) is 0 Å². The predicted molar refractivity (Wildman–Crippen MR) is 73.7 cm³/mol. The molecular formula is C13H19FN2O3S. The van der Waals surface area contributed by atoms with Crippen LogP contribution in [0.25, 0.3) is 0 Å². The van der Waals surface area contributed by atoms with Gasteiger partial charge in [0.2, 0.25) is 10.0 Å². The van der Waals surface area contributed by atoms with Gasteiger partial charge >= 0.3 is 0 Å². The highest BCUT2D eigenvalue weighted by Gasteiger charge is 2.32. The summed E-state index contributed by atoms with van der Waals surface area (Å²) in [7, 11) is -2.15. The Labute approximate surface area is 118 Å². The Hall–Kier alpha value is -1.02. The van der Waals surface area contributed by atoms with Crippen LogP contribution in [0.5, 0.6) is 0 Å². The summed E-state index contributed by atoms with van der Waals surface area (Å²) in [5.41, 5.74) is 0.796. The van der Waals surface area contributed by atoms with Crippen molar-refractivity contribution in [1.82, 2.24) is 10.0 Å². The molecule has 112 valence electrons. The Bertz CT molecular complexity index is 581. The molecule has 1 aliphatic rings. The molecule has 20 heavy (non-hydrogen) atoms. The summed E-state index contributed by atoms with van der Waals surface area (Å²) in [5.74, 6) is -0.434. The highest BCUT2D eigenvalue weighted by Crippen LogP contribution is 2.22. The van der Waals surface area contributed by atoms with Crippen molar-refractivity contribution in [1.29, 1.82) is 0 Å². The fourth-order valence-electron chi connectivity index (χ4n) is 2.60. The number of nitrogens with one attached hydrogen (secondary N) is 2. The van der Waals surface area contributed by atoms with Crippen molar-refractivity contribution in [2.45, 2.75) is 30.9 Å². The van der Waals surface area contributed by atoms with E-state index in [1.807, 2.05) is 0 Å². The van der Waals surface area contributed by atoms with Crippen LogP contribution in [0.3, 0.4) is 0 Å². The number of rotatable bonds is 4. The van der Waals surface area contributed by atoms with E-state index in [-0.39, 0.29) is 17.0 Å². The second-order valence-electron chi connectivity index (χ2n) is 5.03. The highest BCUT2D eigenvalue weighted by molar-refractivity contribution is 7.89. The first-order valence-electron chi connectivity index (χ1n) is 6.37.